The predicted octanol–water partition coefficient (Wildman–Crippen LogP) is 3.40. The van der Waals surface area contributed by atoms with Crippen molar-refractivity contribution < 1.29 is 5.11 Å². The van der Waals surface area contributed by atoms with E-state index in [9.17, 15) is 5.11 Å². The lowest BCUT2D eigenvalue weighted by Crippen LogP contribution is -2.28. The van der Waals surface area contributed by atoms with Gasteiger partial charge in [-0.1, -0.05) is 43.1 Å². The second-order valence-corrected chi connectivity index (χ2v) is 5.17. The molecule has 1 aromatic carbocycles. The molecule has 0 heterocycles. The summed E-state index contributed by atoms with van der Waals surface area (Å²) in [6.07, 6.45) is 0.000290. The predicted molar refractivity (Wildman–Crippen MR) is 68.9 cm³/mol. The third kappa shape index (κ3) is 3.36. The highest BCUT2D eigenvalue weighted by molar-refractivity contribution is 6.36. The molecular formula is C12H17Cl2NO. The molecule has 0 aliphatic heterocycles. The van der Waals surface area contributed by atoms with E-state index in [-0.39, 0.29) is 0 Å². The fraction of sp³-hybridized carbons (Fsp3) is 0.500. The Morgan fingerprint density at radius 3 is 2.19 bits per heavy atom. The fourth-order valence-electron chi connectivity index (χ4n) is 1.65. The second-order valence-electron chi connectivity index (χ2n) is 4.36. The fourth-order valence-corrected chi connectivity index (χ4v) is 2.30. The summed E-state index contributed by atoms with van der Waals surface area (Å²) in [6, 6.07) is 4.68. The number of aliphatic hydroxyl groups is 1. The van der Waals surface area contributed by atoms with Crippen LogP contribution in [0.5, 0.6) is 0 Å². The number of aliphatic hydroxyl groups excluding tert-OH is 1. The largest absolute Gasteiger partial charge is 0.391 e. The molecule has 3 N–H and O–H groups in total. The van der Waals surface area contributed by atoms with Crippen LogP contribution in [0.15, 0.2) is 18.2 Å². The van der Waals surface area contributed by atoms with Gasteiger partial charge in [-0.05, 0) is 24.5 Å². The Hall–Kier alpha value is -0.280. The van der Waals surface area contributed by atoms with Crippen LogP contribution in [-0.4, -0.2) is 11.2 Å². The van der Waals surface area contributed by atoms with Crippen LogP contribution in [0.3, 0.4) is 0 Å². The minimum absolute atomic E-state index is 0.377. The van der Waals surface area contributed by atoms with Crippen LogP contribution in [0.1, 0.15) is 31.9 Å². The maximum atomic E-state index is 9.95. The lowest BCUT2D eigenvalue weighted by molar-refractivity contribution is 0.121. The first-order valence-corrected chi connectivity index (χ1v) is 6.06. The summed E-state index contributed by atoms with van der Waals surface area (Å²) in [6.45, 7) is 4.06. The Labute approximate surface area is 106 Å². The minimum Gasteiger partial charge on any atom is -0.391 e. The second kappa shape index (κ2) is 5.87. The molecule has 0 fully saturated rings. The molecule has 0 bridgehead atoms. The molecule has 0 saturated heterocycles. The standard InChI is InChI=1S/C12H17Cl2NO/c1-7(2)6-10(16)12(15)11-8(13)4-3-5-9(11)14/h3-5,7,10,12,16H,6,15H2,1-2H3/t10-,12-/m1/s1. The Bertz CT molecular complexity index is 335. The van der Waals surface area contributed by atoms with E-state index < -0.39 is 12.1 Å². The zero-order chi connectivity index (χ0) is 12.3. The SMILES string of the molecule is CC(C)C[C@@H](O)[C@@H](N)c1c(Cl)cccc1Cl. The van der Waals surface area contributed by atoms with E-state index in [2.05, 4.69) is 0 Å². The molecule has 0 amide bonds. The first kappa shape index (κ1) is 13.8. The van der Waals surface area contributed by atoms with Gasteiger partial charge in [0.1, 0.15) is 0 Å². The summed E-state index contributed by atoms with van der Waals surface area (Å²) in [7, 11) is 0. The first-order chi connectivity index (χ1) is 7.43. The highest BCUT2D eigenvalue weighted by Gasteiger charge is 2.22. The molecule has 4 heteroatoms. The number of benzene rings is 1. The van der Waals surface area contributed by atoms with Crippen molar-refractivity contribution in [1.29, 1.82) is 0 Å². The van der Waals surface area contributed by atoms with Gasteiger partial charge in [0, 0.05) is 15.6 Å². The van der Waals surface area contributed by atoms with E-state index >= 15 is 0 Å². The van der Waals surface area contributed by atoms with Crippen molar-refractivity contribution in [2.24, 2.45) is 11.7 Å². The molecule has 1 rings (SSSR count). The topological polar surface area (TPSA) is 46.2 Å². The van der Waals surface area contributed by atoms with Crippen molar-refractivity contribution >= 4 is 23.2 Å². The summed E-state index contributed by atoms with van der Waals surface area (Å²) >= 11 is 12.1. The Kier molecular flexibility index (Phi) is 5.06. The van der Waals surface area contributed by atoms with Crippen molar-refractivity contribution in [3.8, 4) is 0 Å². The monoisotopic (exact) mass is 261 g/mol. The lowest BCUT2D eigenvalue weighted by atomic mass is 9.95. The highest BCUT2D eigenvalue weighted by atomic mass is 35.5. The maximum absolute atomic E-state index is 9.95. The highest BCUT2D eigenvalue weighted by Crippen LogP contribution is 2.31. The number of halogens is 2. The zero-order valence-electron chi connectivity index (χ0n) is 9.45. The average Bonchev–Trinajstić information content (AvgIpc) is 2.16. The quantitative estimate of drug-likeness (QED) is 0.873. The van der Waals surface area contributed by atoms with Crippen LogP contribution in [-0.2, 0) is 0 Å². The van der Waals surface area contributed by atoms with Crippen molar-refractivity contribution in [2.45, 2.75) is 32.4 Å². The summed E-state index contributed by atoms with van der Waals surface area (Å²) < 4.78 is 0. The van der Waals surface area contributed by atoms with Crippen LogP contribution < -0.4 is 5.73 Å². The van der Waals surface area contributed by atoms with E-state index in [1.54, 1.807) is 18.2 Å². The zero-order valence-corrected chi connectivity index (χ0v) is 11.0. The molecule has 0 unspecified atom stereocenters. The number of hydrogen-bond acceptors (Lipinski definition) is 2. The molecule has 0 radical (unpaired) electrons. The van der Waals surface area contributed by atoms with Gasteiger partial charge in [0.15, 0.2) is 0 Å². The molecule has 0 aliphatic carbocycles. The molecular weight excluding hydrogens is 245 g/mol. The summed E-state index contributed by atoms with van der Waals surface area (Å²) in [4.78, 5) is 0. The van der Waals surface area contributed by atoms with Crippen LogP contribution >= 0.6 is 23.2 Å². The van der Waals surface area contributed by atoms with Crippen LogP contribution in [0, 0.1) is 5.92 Å². The molecule has 2 atom stereocenters. The smallest absolute Gasteiger partial charge is 0.0736 e. The van der Waals surface area contributed by atoms with Gasteiger partial charge in [-0.2, -0.15) is 0 Å². The van der Waals surface area contributed by atoms with E-state index in [0.717, 1.165) is 0 Å². The van der Waals surface area contributed by atoms with Gasteiger partial charge in [-0.3, -0.25) is 0 Å². The van der Waals surface area contributed by atoms with Crippen LogP contribution in [0.25, 0.3) is 0 Å². The van der Waals surface area contributed by atoms with Gasteiger partial charge >= 0.3 is 0 Å². The number of nitrogens with two attached hydrogens (primary N) is 1. The molecule has 90 valence electrons. The average molecular weight is 262 g/mol. The minimum atomic E-state index is -0.627. The number of hydrogen-bond donors (Lipinski definition) is 2. The molecule has 0 aliphatic rings. The van der Waals surface area contributed by atoms with Crippen molar-refractivity contribution in [3.05, 3.63) is 33.8 Å². The van der Waals surface area contributed by atoms with Gasteiger partial charge in [0.25, 0.3) is 0 Å². The Balaban J connectivity index is 2.91. The summed E-state index contributed by atoms with van der Waals surface area (Å²) in [5.74, 6) is 0.377. The van der Waals surface area contributed by atoms with Gasteiger partial charge in [0.05, 0.1) is 12.1 Å². The third-order valence-corrected chi connectivity index (χ3v) is 3.12. The van der Waals surface area contributed by atoms with Crippen LogP contribution in [0.4, 0.5) is 0 Å². The third-order valence-electron chi connectivity index (χ3n) is 2.46. The van der Waals surface area contributed by atoms with Gasteiger partial charge < -0.3 is 10.8 Å². The van der Waals surface area contributed by atoms with E-state index in [4.69, 9.17) is 28.9 Å². The summed E-state index contributed by atoms with van der Waals surface area (Å²) in [5.41, 5.74) is 6.59. The molecule has 0 saturated carbocycles. The molecule has 0 aromatic heterocycles. The Morgan fingerprint density at radius 2 is 1.75 bits per heavy atom. The first-order valence-electron chi connectivity index (χ1n) is 5.31. The van der Waals surface area contributed by atoms with E-state index in [1.165, 1.54) is 0 Å². The normalized spacial score (nSPS) is 15.2. The maximum Gasteiger partial charge on any atom is 0.0736 e. The van der Waals surface area contributed by atoms with E-state index in [1.807, 2.05) is 13.8 Å². The van der Waals surface area contributed by atoms with Gasteiger partial charge in [0.2, 0.25) is 0 Å². The molecule has 0 spiro atoms. The molecule has 16 heavy (non-hydrogen) atoms. The molecule has 2 nitrogen and oxygen atoms in total. The van der Waals surface area contributed by atoms with Crippen molar-refractivity contribution in [1.82, 2.24) is 0 Å². The Morgan fingerprint density at radius 1 is 1.25 bits per heavy atom. The van der Waals surface area contributed by atoms with Gasteiger partial charge in [-0.25, -0.2) is 0 Å². The lowest BCUT2D eigenvalue weighted by Gasteiger charge is -2.22. The number of rotatable bonds is 4. The van der Waals surface area contributed by atoms with E-state index in [0.29, 0.717) is 27.9 Å². The van der Waals surface area contributed by atoms with Crippen LogP contribution in [0.2, 0.25) is 10.0 Å². The van der Waals surface area contributed by atoms with Crippen molar-refractivity contribution in [2.75, 3.05) is 0 Å². The van der Waals surface area contributed by atoms with Gasteiger partial charge in [-0.15, -0.1) is 0 Å². The molecule has 1 aromatic rings. The summed E-state index contributed by atoms with van der Waals surface area (Å²) in [5, 5.41) is 11.0. The van der Waals surface area contributed by atoms with Crippen molar-refractivity contribution in [3.63, 3.8) is 0 Å².